The molecular formula is C95H77Br2IN4O6S3Si. The monoisotopic (exact) mass is 1780 g/mol. The fourth-order valence-corrected chi connectivity index (χ4v) is 12.3. The fraction of sp³-hybridized carbons (Fsp3) is 0.0947. The Labute approximate surface area is 702 Å². The Balaban J connectivity index is 0.000000221. The Kier molecular flexibility index (Phi) is 38.5. The van der Waals surface area contributed by atoms with Crippen LogP contribution in [0.25, 0.3) is 0 Å². The average molecular weight is 1780 g/mol. The molecule has 0 aromatic heterocycles. The summed E-state index contributed by atoms with van der Waals surface area (Å²) in [6.07, 6.45) is 5.10. The molecule has 11 aromatic rings. The summed E-state index contributed by atoms with van der Waals surface area (Å²) in [5.41, 5.74) is 22.4. The van der Waals surface area contributed by atoms with E-state index >= 15 is 0 Å². The van der Waals surface area contributed by atoms with Crippen LogP contribution < -0.4 is 21.7 Å². The lowest BCUT2D eigenvalue weighted by Gasteiger charge is -2.08. The number of rotatable bonds is 6. The molecule has 112 heavy (non-hydrogen) atoms. The maximum absolute atomic E-state index is 11.6. The Morgan fingerprint density at radius 3 is 1.00 bits per heavy atom. The van der Waals surface area contributed by atoms with E-state index in [1.807, 2.05) is 267 Å². The molecule has 0 unspecified atom stereocenters. The largest absolute Gasteiger partial charge is 0.398 e. The van der Waals surface area contributed by atoms with Gasteiger partial charge in [-0.2, -0.15) is 0 Å². The van der Waals surface area contributed by atoms with E-state index in [4.69, 9.17) is 12.2 Å². The van der Waals surface area contributed by atoms with Gasteiger partial charge in [0.25, 0.3) is 0 Å². The van der Waals surface area contributed by atoms with Gasteiger partial charge in [0.1, 0.15) is 8.07 Å². The number of nitrogens with one attached hydrogen (secondary N) is 3. The second-order valence-electron chi connectivity index (χ2n) is 24.6. The van der Waals surface area contributed by atoms with Crippen LogP contribution in [0.3, 0.4) is 0 Å². The van der Waals surface area contributed by atoms with Crippen LogP contribution in [0, 0.1) is 86.6 Å². The first-order valence-corrected chi connectivity index (χ1v) is 43.0. The van der Waals surface area contributed by atoms with Gasteiger partial charge >= 0.3 is 0 Å². The molecule has 0 aliphatic rings. The van der Waals surface area contributed by atoms with Crippen molar-refractivity contribution in [3.63, 3.8) is 0 Å². The molecule has 17 heteroatoms. The van der Waals surface area contributed by atoms with Crippen molar-refractivity contribution in [2.45, 2.75) is 75.9 Å². The van der Waals surface area contributed by atoms with Crippen LogP contribution in [0.4, 0.5) is 22.7 Å². The van der Waals surface area contributed by atoms with E-state index in [0.717, 1.165) is 90.5 Å². The van der Waals surface area contributed by atoms with E-state index in [1.54, 1.807) is 13.8 Å². The highest BCUT2D eigenvalue weighted by Crippen LogP contribution is 2.27. The number of terminal acetylenes is 1. The Morgan fingerprint density at radius 1 is 0.348 bits per heavy atom. The molecule has 5 N–H and O–H groups in total. The lowest BCUT2D eigenvalue weighted by Crippen LogP contribution is -2.16. The third kappa shape index (κ3) is 36.8. The van der Waals surface area contributed by atoms with E-state index in [0.29, 0.717) is 22.6 Å². The number of nitrogen functional groups attached to an aromatic ring is 1. The third-order valence-electron chi connectivity index (χ3n) is 13.8. The van der Waals surface area contributed by atoms with Crippen molar-refractivity contribution in [3.05, 3.63) is 346 Å². The van der Waals surface area contributed by atoms with E-state index in [9.17, 15) is 28.8 Å². The molecule has 3 amide bonds. The number of amides is 3. The number of hydrogen-bond donors (Lipinski definition) is 4. The van der Waals surface area contributed by atoms with Gasteiger partial charge in [-0.05, 0) is 233 Å². The van der Waals surface area contributed by atoms with E-state index in [2.05, 4.69) is 167 Å². The van der Waals surface area contributed by atoms with Crippen LogP contribution in [-0.4, -0.2) is 41.1 Å². The summed E-state index contributed by atoms with van der Waals surface area (Å²) in [5, 5.41) is 8.62. The number of hydrogen-bond acceptors (Lipinski definition) is 10. The molecule has 0 saturated heterocycles. The highest BCUT2D eigenvalue weighted by atomic mass is 127. The summed E-state index contributed by atoms with van der Waals surface area (Å²) in [6.45, 7) is 15.7. The standard InChI is InChI=1S/C26H19NO2S.C24H17NOS.C21H21NOSi.C8H7Br2NO.C8H7IOS.C8H6/c1-19(28)27-26-18-23(9-8-21-6-4-3-5-7-21)11-15-24(26)14-10-22-12-16-25(17-13-22)30-20(2)29;1-18(26)27-23-15-11-20(12-16-23)9-13-22-14-10-21(17-24(22)25)8-7-19-5-3-2-4-6-19;1-17(23)22-21-16-19(11-10-18-8-6-5-7-9-18)12-13-20(21)14-15-24(2,3)4;1-5(12)11-8-4-6(9)2-3-7(8)10;1-6(10)11-8-4-2-7(9)3-5-8;1-2-8-6-4-3-5-7-8/h3-7,11-13,15-18H,1-2H3,(H,27,28);2-6,10-12,14-17H,25H2,1H3;5-9,12-13,16H,1-4H3,(H,22,23);2-4H,1H3,(H,11,12);2-5H,1H3;1,3-7H. The third-order valence-corrected chi connectivity index (χ3v) is 19.0. The van der Waals surface area contributed by atoms with Crippen molar-refractivity contribution < 1.29 is 28.8 Å². The summed E-state index contributed by atoms with van der Waals surface area (Å²) >= 11 is 12.5. The molecule has 11 aromatic carbocycles. The molecule has 10 nitrogen and oxygen atoms in total. The normalized spacial score (nSPS) is 9.53. The quantitative estimate of drug-likeness (QED) is 0.0414. The molecule has 0 atom stereocenters. The Bertz CT molecular complexity index is 5550. The number of carbonyl (C=O) groups is 6. The van der Waals surface area contributed by atoms with Crippen molar-refractivity contribution in [3.8, 4) is 83.0 Å². The van der Waals surface area contributed by atoms with E-state index < -0.39 is 8.07 Å². The second-order valence-corrected chi connectivity index (χ2v) is 36.1. The van der Waals surface area contributed by atoms with E-state index in [-0.39, 0.29) is 33.1 Å². The summed E-state index contributed by atoms with van der Waals surface area (Å²) in [4.78, 5) is 69.6. The minimum Gasteiger partial charge on any atom is -0.398 e. The van der Waals surface area contributed by atoms with Gasteiger partial charge in [0.2, 0.25) is 17.7 Å². The fourth-order valence-electron chi connectivity index (χ4n) is 8.86. The summed E-state index contributed by atoms with van der Waals surface area (Å²) < 4.78 is 3.01. The van der Waals surface area contributed by atoms with Crippen molar-refractivity contribution in [1.82, 2.24) is 0 Å². The minimum atomic E-state index is -1.48. The smallest absolute Gasteiger partial charge is 0.221 e. The number of benzene rings is 11. The van der Waals surface area contributed by atoms with Gasteiger partial charge in [0.15, 0.2) is 15.3 Å². The molecule has 0 aliphatic heterocycles. The number of nitrogens with two attached hydrogens (primary N) is 1. The molecule has 0 saturated carbocycles. The van der Waals surface area contributed by atoms with Crippen LogP contribution in [-0.2, 0) is 28.8 Å². The zero-order valence-electron chi connectivity index (χ0n) is 62.9. The second kappa shape index (κ2) is 48.2. The highest BCUT2D eigenvalue weighted by molar-refractivity contribution is 14.1. The van der Waals surface area contributed by atoms with Crippen LogP contribution in [0.1, 0.15) is 108 Å². The molecule has 0 fully saturated rings. The Hall–Kier alpha value is -11.5. The van der Waals surface area contributed by atoms with Crippen LogP contribution in [0.15, 0.2) is 291 Å². The predicted octanol–water partition coefficient (Wildman–Crippen LogP) is 21.8. The lowest BCUT2D eigenvalue weighted by molar-refractivity contribution is -0.115. The van der Waals surface area contributed by atoms with Gasteiger partial charge in [-0.3, -0.25) is 28.8 Å². The molecular weight excluding hydrogens is 1700 g/mol. The van der Waals surface area contributed by atoms with Gasteiger partial charge in [-0.25, -0.2) is 0 Å². The number of thioether (sulfide) groups is 3. The number of anilines is 4. The molecule has 0 heterocycles. The molecule has 11 rings (SSSR count). The maximum atomic E-state index is 11.6. The van der Waals surface area contributed by atoms with Crippen LogP contribution in [0.5, 0.6) is 0 Å². The average Bonchev–Trinajstić information content (AvgIpc) is 0.865. The molecule has 0 radical (unpaired) electrons. The van der Waals surface area contributed by atoms with Crippen molar-refractivity contribution in [1.29, 1.82) is 0 Å². The van der Waals surface area contributed by atoms with Gasteiger partial charge in [-0.1, -0.05) is 215 Å². The minimum absolute atomic E-state index is 0.0456. The van der Waals surface area contributed by atoms with Gasteiger partial charge < -0.3 is 21.7 Å². The molecule has 556 valence electrons. The van der Waals surface area contributed by atoms with Gasteiger partial charge in [0, 0.05) is 141 Å². The lowest BCUT2D eigenvalue weighted by atomic mass is 10.1. The predicted molar refractivity (Wildman–Crippen MR) is 484 cm³/mol. The maximum Gasteiger partial charge on any atom is 0.221 e. The molecule has 0 aliphatic carbocycles. The zero-order chi connectivity index (χ0) is 81.2. The molecule has 0 spiro atoms. The summed E-state index contributed by atoms with van der Waals surface area (Å²) in [5.74, 6) is 36.5. The summed E-state index contributed by atoms with van der Waals surface area (Å²) in [6, 6.07) is 84.5. The van der Waals surface area contributed by atoms with Crippen LogP contribution in [0.2, 0.25) is 19.6 Å². The topological polar surface area (TPSA) is 165 Å². The van der Waals surface area contributed by atoms with Crippen molar-refractivity contribution in [2.24, 2.45) is 0 Å². The summed E-state index contributed by atoms with van der Waals surface area (Å²) in [7, 11) is -1.48. The SMILES string of the molecule is C#Cc1ccccc1.CC(=O)Nc1cc(Br)ccc1Br.CC(=O)Nc1cc(C#Cc2ccccc2)ccc1C#C[Si](C)(C)C.CC(=O)Nc1cc(C#Cc2ccccc2)ccc1C#Cc1ccc(SC(C)=O)cc1.CC(=O)Sc1ccc(C#Cc2ccc(C#Cc3ccccc3)cc2N)cc1.CC(=O)Sc1ccc(I)cc1. The van der Waals surface area contributed by atoms with Crippen molar-refractivity contribution in [2.75, 3.05) is 21.7 Å². The zero-order valence-corrected chi connectivity index (χ0v) is 71.6. The highest BCUT2D eigenvalue weighted by Gasteiger charge is 2.11. The first-order chi connectivity index (χ1) is 53.6. The number of halogens is 3. The van der Waals surface area contributed by atoms with Gasteiger partial charge in [0.05, 0.1) is 17.1 Å². The Morgan fingerprint density at radius 2 is 0.652 bits per heavy atom. The van der Waals surface area contributed by atoms with Crippen LogP contribution >= 0.6 is 89.7 Å². The van der Waals surface area contributed by atoms with Crippen molar-refractivity contribution >= 4 is 154 Å². The van der Waals surface area contributed by atoms with Gasteiger partial charge in [-0.15, -0.1) is 12.0 Å². The molecule has 0 bridgehead atoms. The number of carbonyl (C=O) groups excluding carboxylic acids is 6. The first-order valence-electron chi connectivity index (χ1n) is 34.4. The van der Waals surface area contributed by atoms with E-state index in [1.165, 1.54) is 66.6 Å². The first kappa shape index (κ1) is 89.4.